The van der Waals surface area contributed by atoms with Crippen LogP contribution in [-0.2, 0) is 11.3 Å². The predicted molar refractivity (Wildman–Crippen MR) is 107 cm³/mol. The van der Waals surface area contributed by atoms with Crippen molar-refractivity contribution < 1.29 is 4.79 Å². The van der Waals surface area contributed by atoms with Gasteiger partial charge in [0.05, 0.1) is 6.54 Å². The molecule has 1 atom stereocenters. The largest absolute Gasteiger partial charge is 0.339 e. The Hall–Kier alpha value is -0.850. The molecule has 0 aliphatic carbocycles. The maximum Gasteiger partial charge on any atom is 0.236 e. The molecule has 0 bridgehead atoms. The molecule has 2 fully saturated rings. The van der Waals surface area contributed by atoms with Gasteiger partial charge in [-0.2, -0.15) is 0 Å². The third kappa shape index (κ3) is 6.42. The van der Waals surface area contributed by atoms with E-state index in [-0.39, 0.29) is 30.7 Å². The highest BCUT2D eigenvalue weighted by Gasteiger charge is 2.25. The van der Waals surface area contributed by atoms with Crippen LogP contribution in [0.5, 0.6) is 0 Å². The number of halogens is 2. The van der Waals surface area contributed by atoms with Crippen LogP contribution < -0.4 is 5.32 Å². The molecule has 2 saturated heterocycles. The molecule has 2 aliphatic rings. The van der Waals surface area contributed by atoms with Crippen LogP contribution >= 0.6 is 24.8 Å². The lowest BCUT2D eigenvalue weighted by atomic mass is 10.2. The Morgan fingerprint density at radius 3 is 2.40 bits per heavy atom. The van der Waals surface area contributed by atoms with E-state index in [9.17, 15) is 4.79 Å². The lowest BCUT2D eigenvalue weighted by Gasteiger charge is -2.38. The second-order valence-corrected chi connectivity index (χ2v) is 6.67. The zero-order valence-corrected chi connectivity index (χ0v) is 16.5. The van der Waals surface area contributed by atoms with Crippen molar-refractivity contribution in [1.82, 2.24) is 20.0 Å². The molecule has 1 amide bonds. The average Bonchev–Trinajstić information content (AvgIpc) is 2.58. The Morgan fingerprint density at radius 1 is 1.08 bits per heavy atom. The van der Waals surface area contributed by atoms with Crippen LogP contribution in [0.1, 0.15) is 12.5 Å². The summed E-state index contributed by atoms with van der Waals surface area (Å²) in [5.41, 5.74) is 1.35. The van der Waals surface area contributed by atoms with Crippen molar-refractivity contribution in [3.8, 4) is 0 Å². The second kappa shape index (κ2) is 11.0. The van der Waals surface area contributed by atoms with Gasteiger partial charge in [0.15, 0.2) is 0 Å². The Balaban J connectivity index is 0.00000156. The first-order valence-electron chi connectivity index (χ1n) is 8.71. The van der Waals surface area contributed by atoms with E-state index in [1.54, 1.807) is 0 Å². The number of carbonyl (C=O) groups excluding carboxylic acids is 1. The smallest absolute Gasteiger partial charge is 0.236 e. The lowest BCUT2D eigenvalue weighted by molar-refractivity contribution is -0.135. The number of carbonyl (C=O) groups is 1. The Bertz CT molecular complexity index is 509. The third-order valence-electron chi connectivity index (χ3n) is 4.95. The van der Waals surface area contributed by atoms with Gasteiger partial charge in [-0.3, -0.25) is 14.6 Å². The highest BCUT2D eigenvalue weighted by molar-refractivity contribution is 5.85. The number of nitrogens with zero attached hydrogens (tertiary/aromatic N) is 3. The van der Waals surface area contributed by atoms with Gasteiger partial charge in [-0.15, -0.1) is 24.8 Å². The van der Waals surface area contributed by atoms with Gasteiger partial charge in [0.25, 0.3) is 0 Å². The molecule has 2 aliphatic heterocycles. The molecule has 25 heavy (non-hydrogen) atoms. The lowest BCUT2D eigenvalue weighted by Crippen LogP contribution is -2.55. The SMILES string of the molecule is C[C@H]1CNCCN1CC(=O)N1CCN(Cc2ccccc2)CC1.Cl.Cl. The van der Waals surface area contributed by atoms with Crippen LogP contribution in [-0.4, -0.2) is 79.0 Å². The van der Waals surface area contributed by atoms with Crippen LogP contribution in [0.2, 0.25) is 0 Å². The van der Waals surface area contributed by atoms with Crippen molar-refractivity contribution >= 4 is 30.7 Å². The van der Waals surface area contributed by atoms with E-state index in [0.29, 0.717) is 12.6 Å². The molecular weight excluding hydrogens is 359 g/mol. The van der Waals surface area contributed by atoms with Crippen LogP contribution in [0.4, 0.5) is 0 Å². The van der Waals surface area contributed by atoms with E-state index >= 15 is 0 Å². The number of rotatable bonds is 4. The second-order valence-electron chi connectivity index (χ2n) is 6.67. The summed E-state index contributed by atoms with van der Waals surface area (Å²) < 4.78 is 0. The summed E-state index contributed by atoms with van der Waals surface area (Å²) in [6.45, 7) is 10.3. The molecule has 5 nitrogen and oxygen atoms in total. The normalized spacial score (nSPS) is 22.0. The summed E-state index contributed by atoms with van der Waals surface area (Å²) in [4.78, 5) is 19.3. The molecule has 0 saturated carbocycles. The summed E-state index contributed by atoms with van der Waals surface area (Å²) >= 11 is 0. The van der Waals surface area contributed by atoms with Gasteiger partial charge in [0.2, 0.25) is 5.91 Å². The summed E-state index contributed by atoms with van der Waals surface area (Å²) in [5, 5.41) is 3.37. The first-order valence-corrected chi connectivity index (χ1v) is 8.71. The van der Waals surface area contributed by atoms with Crippen LogP contribution in [0.15, 0.2) is 30.3 Å². The highest BCUT2D eigenvalue weighted by Crippen LogP contribution is 2.10. The van der Waals surface area contributed by atoms with E-state index in [2.05, 4.69) is 52.4 Å². The van der Waals surface area contributed by atoms with Crippen LogP contribution in [0, 0.1) is 0 Å². The fourth-order valence-electron chi connectivity index (χ4n) is 3.39. The molecule has 3 rings (SSSR count). The zero-order chi connectivity index (χ0) is 16.1. The van der Waals surface area contributed by atoms with Crippen LogP contribution in [0.25, 0.3) is 0 Å². The number of benzene rings is 1. The van der Waals surface area contributed by atoms with Gasteiger partial charge >= 0.3 is 0 Å². The minimum Gasteiger partial charge on any atom is -0.339 e. The van der Waals surface area contributed by atoms with Gasteiger partial charge in [-0.05, 0) is 12.5 Å². The number of piperazine rings is 2. The van der Waals surface area contributed by atoms with Gasteiger partial charge in [0, 0.05) is 58.4 Å². The van der Waals surface area contributed by atoms with Crippen LogP contribution in [0.3, 0.4) is 0 Å². The van der Waals surface area contributed by atoms with Crippen molar-refractivity contribution in [2.75, 3.05) is 52.4 Å². The van der Waals surface area contributed by atoms with E-state index in [0.717, 1.165) is 52.4 Å². The molecule has 7 heteroatoms. The average molecular weight is 389 g/mol. The van der Waals surface area contributed by atoms with Crippen molar-refractivity contribution in [2.24, 2.45) is 0 Å². The minimum absolute atomic E-state index is 0. The van der Waals surface area contributed by atoms with E-state index in [4.69, 9.17) is 0 Å². The number of nitrogens with one attached hydrogen (secondary N) is 1. The van der Waals surface area contributed by atoms with Crippen molar-refractivity contribution in [2.45, 2.75) is 19.5 Å². The number of amides is 1. The molecule has 0 radical (unpaired) electrons. The topological polar surface area (TPSA) is 38.8 Å². The minimum atomic E-state index is 0. The zero-order valence-electron chi connectivity index (χ0n) is 14.9. The molecule has 142 valence electrons. The Labute approximate surface area is 163 Å². The monoisotopic (exact) mass is 388 g/mol. The Kier molecular flexibility index (Phi) is 9.75. The van der Waals surface area contributed by atoms with E-state index in [1.807, 2.05) is 4.90 Å². The molecule has 0 spiro atoms. The molecular formula is C18H30Cl2N4O. The highest BCUT2D eigenvalue weighted by atomic mass is 35.5. The summed E-state index contributed by atoms with van der Waals surface area (Å²) in [6, 6.07) is 11.0. The van der Waals surface area contributed by atoms with Crippen molar-refractivity contribution in [3.63, 3.8) is 0 Å². The Morgan fingerprint density at radius 2 is 1.76 bits per heavy atom. The molecule has 0 aromatic heterocycles. The first-order chi connectivity index (χ1) is 11.2. The summed E-state index contributed by atoms with van der Waals surface area (Å²) in [7, 11) is 0. The quantitative estimate of drug-likeness (QED) is 0.847. The first kappa shape index (κ1) is 22.2. The van der Waals surface area contributed by atoms with Gasteiger partial charge < -0.3 is 10.2 Å². The van der Waals surface area contributed by atoms with Gasteiger partial charge in [-0.1, -0.05) is 30.3 Å². The molecule has 1 aromatic carbocycles. The molecule has 1 aromatic rings. The number of hydrogen-bond donors (Lipinski definition) is 1. The molecule has 2 heterocycles. The molecule has 1 N–H and O–H groups in total. The third-order valence-corrected chi connectivity index (χ3v) is 4.95. The fourth-order valence-corrected chi connectivity index (χ4v) is 3.39. The van der Waals surface area contributed by atoms with Gasteiger partial charge in [0.1, 0.15) is 0 Å². The standard InChI is InChI=1S/C18H28N4O.2ClH/c1-16-13-19-7-8-22(16)15-18(23)21-11-9-20(10-12-21)14-17-5-3-2-4-6-17;;/h2-6,16,19H,7-15H2,1H3;2*1H/t16-;;/m0../s1. The van der Waals surface area contributed by atoms with E-state index < -0.39 is 0 Å². The van der Waals surface area contributed by atoms with Gasteiger partial charge in [-0.25, -0.2) is 0 Å². The van der Waals surface area contributed by atoms with Crippen molar-refractivity contribution in [1.29, 1.82) is 0 Å². The summed E-state index contributed by atoms with van der Waals surface area (Å²) in [6.07, 6.45) is 0. The summed E-state index contributed by atoms with van der Waals surface area (Å²) in [5.74, 6) is 0.290. The van der Waals surface area contributed by atoms with Crippen molar-refractivity contribution in [3.05, 3.63) is 35.9 Å². The fraction of sp³-hybridized carbons (Fsp3) is 0.611. The maximum atomic E-state index is 12.5. The molecule has 0 unspecified atom stereocenters. The maximum absolute atomic E-state index is 12.5. The van der Waals surface area contributed by atoms with E-state index in [1.165, 1.54) is 5.56 Å². The number of hydrogen-bond acceptors (Lipinski definition) is 4. The predicted octanol–water partition coefficient (Wildman–Crippen LogP) is 1.47.